The van der Waals surface area contributed by atoms with Crippen molar-refractivity contribution in [2.45, 2.75) is 13.7 Å². The molecule has 2 heterocycles. The zero-order chi connectivity index (χ0) is 11.7. The van der Waals surface area contributed by atoms with Crippen LogP contribution in [0.25, 0.3) is 11.2 Å². The van der Waals surface area contributed by atoms with Crippen LogP contribution in [0.1, 0.15) is 6.92 Å². The van der Waals surface area contributed by atoms with Crippen molar-refractivity contribution in [2.75, 3.05) is 6.61 Å². The molecule has 0 amide bonds. The van der Waals surface area contributed by atoms with Crippen molar-refractivity contribution in [1.82, 2.24) is 14.5 Å². The number of aromatic nitrogens is 3. The summed E-state index contributed by atoms with van der Waals surface area (Å²) in [5.74, 6) is -0.754. The predicted octanol–water partition coefficient (Wildman–Crippen LogP) is -1.03. The molecule has 0 radical (unpaired) electrons. The van der Waals surface area contributed by atoms with Crippen LogP contribution in [-0.4, -0.2) is 21.1 Å². The van der Waals surface area contributed by atoms with Gasteiger partial charge in [-0.2, -0.15) is 0 Å². The van der Waals surface area contributed by atoms with Gasteiger partial charge in [0.1, 0.15) is 6.73 Å². The van der Waals surface area contributed by atoms with Crippen LogP contribution >= 0.6 is 0 Å². The summed E-state index contributed by atoms with van der Waals surface area (Å²) >= 11 is 0. The van der Waals surface area contributed by atoms with Gasteiger partial charge in [0.25, 0.3) is 5.56 Å². The lowest BCUT2D eigenvalue weighted by atomic mass is 10.6. The van der Waals surface area contributed by atoms with Gasteiger partial charge in [-0.3, -0.25) is 14.8 Å². The lowest BCUT2D eigenvalue weighted by Gasteiger charge is -2.00. The fourth-order valence-electron chi connectivity index (χ4n) is 1.28. The largest absolute Gasteiger partial charge is 0.423 e. The molecule has 2 rings (SSSR count). The van der Waals surface area contributed by atoms with E-state index < -0.39 is 17.0 Å². The number of oxazole rings is 1. The molecular weight excluding hydrogens is 218 g/mol. The number of hydrogen-bond acceptors (Lipinski definition) is 5. The number of fused-ring (bicyclic) bond motifs is 1. The first kappa shape index (κ1) is 10.4. The second kappa shape index (κ2) is 3.81. The molecule has 0 fully saturated rings. The van der Waals surface area contributed by atoms with Gasteiger partial charge in [0.05, 0.1) is 0 Å². The second-order valence-electron chi connectivity index (χ2n) is 3.00. The standard InChI is InChI=1S/C8H9N3O5/c1-2-15-3-11-5-4(16-8(11)14)6(12)10-7(13)9-5/h2-3H2,1H3,(H2,9,10,12,13). The van der Waals surface area contributed by atoms with Crippen molar-refractivity contribution in [3.63, 3.8) is 0 Å². The van der Waals surface area contributed by atoms with E-state index in [0.717, 1.165) is 4.57 Å². The highest BCUT2D eigenvalue weighted by molar-refractivity contribution is 5.65. The van der Waals surface area contributed by atoms with Crippen molar-refractivity contribution < 1.29 is 9.15 Å². The van der Waals surface area contributed by atoms with Crippen molar-refractivity contribution >= 4 is 11.2 Å². The molecule has 86 valence electrons. The summed E-state index contributed by atoms with van der Waals surface area (Å²) in [4.78, 5) is 37.9. The van der Waals surface area contributed by atoms with Crippen LogP contribution in [0.3, 0.4) is 0 Å². The first-order valence-electron chi connectivity index (χ1n) is 4.57. The van der Waals surface area contributed by atoms with Gasteiger partial charge in [0, 0.05) is 6.61 Å². The van der Waals surface area contributed by atoms with Crippen molar-refractivity contribution in [2.24, 2.45) is 0 Å². The quantitative estimate of drug-likeness (QED) is 0.696. The summed E-state index contributed by atoms with van der Waals surface area (Å²) in [5, 5.41) is 0. The SMILES string of the molecule is CCOCn1c(=O)oc2c(=O)[nH]c(=O)[nH]c21. The Balaban J connectivity index is 2.74. The average molecular weight is 227 g/mol. The Morgan fingerprint density at radius 2 is 2.06 bits per heavy atom. The molecule has 0 spiro atoms. The molecule has 0 aliphatic rings. The number of rotatable bonds is 3. The highest BCUT2D eigenvalue weighted by atomic mass is 16.5. The Bertz CT molecular complexity index is 673. The fraction of sp³-hybridized carbons (Fsp3) is 0.375. The molecule has 8 heteroatoms. The van der Waals surface area contributed by atoms with Crippen LogP contribution in [-0.2, 0) is 11.5 Å². The topological polar surface area (TPSA) is 110 Å². The minimum atomic E-state index is -0.754. The normalized spacial score (nSPS) is 11.1. The Hall–Kier alpha value is -2.09. The molecule has 0 saturated heterocycles. The third-order valence-electron chi connectivity index (χ3n) is 1.98. The summed E-state index contributed by atoms with van der Waals surface area (Å²) in [7, 11) is 0. The van der Waals surface area contributed by atoms with Crippen LogP contribution in [0, 0.1) is 0 Å². The molecule has 8 nitrogen and oxygen atoms in total. The van der Waals surface area contributed by atoms with Gasteiger partial charge in [0.15, 0.2) is 5.65 Å². The molecule has 0 aromatic carbocycles. The molecule has 0 aliphatic heterocycles. The molecule has 16 heavy (non-hydrogen) atoms. The summed E-state index contributed by atoms with van der Waals surface area (Å²) < 4.78 is 10.7. The number of H-pyrrole nitrogens is 2. The van der Waals surface area contributed by atoms with E-state index in [2.05, 4.69) is 4.98 Å². The van der Waals surface area contributed by atoms with E-state index >= 15 is 0 Å². The van der Waals surface area contributed by atoms with Gasteiger partial charge in [-0.25, -0.2) is 14.2 Å². The lowest BCUT2D eigenvalue weighted by Crippen LogP contribution is -2.23. The molecule has 0 bridgehead atoms. The number of aromatic amines is 2. The number of hydrogen-bond donors (Lipinski definition) is 2. The Kier molecular flexibility index (Phi) is 2.49. The first-order valence-corrected chi connectivity index (χ1v) is 4.57. The molecule has 2 N–H and O–H groups in total. The third-order valence-corrected chi connectivity index (χ3v) is 1.98. The molecular formula is C8H9N3O5. The highest BCUT2D eigenvalue weighted by Crippen LogP contribution is 2.01. The monoisotopic (exact) mass is 227 g/mol. The predicted molar refractivity (Wildman–Crippen MR) is 53.3 cm³/mol. The summed E-state index contributed by atoms with van der Waals surface area (Å²) in [6, 6.07) is 0. The minimum absolute atomic E-state index is 0.0206. The summed E-state index contributed by atoms with van der Waals surface area (Å²) in [5.41, 5.74) is -1.65. The van der Waals surface area contributed by atoms with Gasteiger partial charge < -0.3 is 9.15 Å². The smallest absolute Gasteiger partial charge is 0.400 e. The van der Waals surface area contributed by atoms with Crippen LogP contribution in [0.15, 0.2) is 18.8 Å². The maximum absolute atomic E-state index is 11.3. The fourth-order valence-corrected chi connectivity index (χ4v) is 1.28. The van der Waals surface area contributed by atoms with Gasteiger partial charge >= 0.3 is 11.4 Å². The average Bonchev–Trinajstić information content (AvgIpc) is 2.53. The van der Waals surface area contributed by atoms with Crippen molar-refractivity contribution in [3.8, 4) is 0 Å². The first-order chi connectivity index (χ1) is 7.63. The van der Waals surface area contributed by atoms with Gasteiger partial charge in [-0.1, -0.05) is 0 Å². The second-order valence-corrected chi connectivity index (χ2v) is 3.00. The Labute approximate surface area is 87.5 Å². The van der Waals surface area contributed by atoms with Gasteiger partial charge in [-0.05, 0) is 6.92 Å². The maximum Gasteiger partial charge on any atom is 0.423 e. The molecule has 2 aromatic heterocycles. The zero-order valence-electron chi connectivity index (χ0n) is 8.40. The van der Waals surface area contributed by atoms with E-state index in [9.17, 15) is 14.4 Å². The molecule has 2 aromatic rings. The Morgan fingerprint density at radius 1 is 1.31 bits per heavy atom. The van der Waals surface area contributed by atoms with Gasteiger partial charge in [-0.15, -0.1) is 0 Å². The molecule has 0 atom stereocenters. The Morgan fingerprint density at radius 3 is 2.75 bits per heavy atom. The zero-order valence-corrected chi connectivity index (χ0v) is 8.40. The summed E-state index contributed by atoms with van der Waals surface area (Å²) in [6.45, 7) is 2.07. The van der Waals surface area contributed by atoms with Crippen LogP contribution in [0.4, 0.5) is 0 Å². The molecule has 0 aliphatic carbocycles. The third kappa shape index (κ3) is 1.58. The van der Waals surface area contributed by atoms with Crippen LogP contribution in [0.2, 0.25) is 0 Å². The van der Waals surface area contributed by atoms with Crippen LogP contribution < -0.4 is 17.0 Å². The molecule has 0 saturated carbocycles. The van der Waals surface area contributed by atoms with Gasteiger partial charge in [0.2, 0.25) is 5.58 Å². The lowest BCUT2D eigenvalue weighted by molar-refractivity contribution is 0.0853. The summed E-state index contributed by atoms with van der Waals surface area (Å²) in [6.07, 6.45) is 0. The van der Waals surface area contributed by atoms with E-state index in [4.69, 9.17) is 9.15 Å². The van der Waals surface area contributed by atoms with E-state index in [1.54, 1.807) is 6.92 Å². The number of ether oxygens (including phenoxy) is 1. The van der Waals surface area contributed by atoms with E-state index in [-0.39, 0.29) is 18.0 Å². The number of nitrogens with one attached hydrogen (secondary N) is 2. The maximum atomic E-state index is 11.3. The molecule has 0 unspecified atom stereocenters. The van der Waals surface area contributed by atoms with Crippen molar-refractivity contribution in [1.29, 1.82) is 0 Å². The van der Waals surface area contributed by atoms with Crippen molar-refractivity contribution in [3.05, 3.63) is 31.4 Å². The van der Waals surface area contributed by atoms with E-state index in [0.29, 0.717) is 6.61 Å². The van der Waals surface area contributed by atoms with E-state index in [1.807, 2.05) is 4.98 Å². The minimum Gasteiger partial charge on any atom is -0.400 e. The highest BCUT2D eigenvalue weighted by Gasteiger charge is 2.13. The number of nitrogens with zero attached hydrogens (tertiary/aromatic N) is 1. The van der Waals surface area contributed by atoms with Crippen LogP contribution in [0.5, 0.6) is 0 Å². The van der Waals surface area contributed by atoms with E-state index in [1.165, 1.54) is 0 Å².